The predicted molar refractivity (Wildman–Crippen MR) is 54.5 cm³/mol. The van der Waals surface area contributed by atoms with Crippen LogP contribution in [0.2, 0.25) is 0 Å². The van der Waals surface area contributed by atoms with Crippen molar-refractivity contribution >= 4 is 0 Å². The van der Waals surface area contributed by atoms with Crippen LogP contribution in [0, 0.1) is 0 Å². The van der Waals surface area contributed by atoms with E-state index >= 15 is 0 Å². The van der Waals surface area contributed by atoms with Gasteiger partial charge in [-0.3, -0.25) is 14.6 Å². The summed E-state index contributed by atoms with van der Waals surface area (Å²) in [4.78, 5) is 11.4. The van der Waals surface area contributed by atoms with Gasteiger partial charge in [-0.1, -0.05) is 0 Å². The number of rotatable bonds is 4. The number of nitrogens with one attached hydrogen (secondary N) is 1. The van der Waals surface area contributed by atoms with Gasteiger partial charge in [0.1, 0.15) is 0 Å². The van der Waals surface area contributed by atoms with E-state index in [4.69, 9.17) is 5.73 Å². The molecule has 5 nitrogen and oxygen atoms in total. The van der Waals surface area contributed by atoms with Crippen molar-refractivity contribution in [2.45, 2.75) is 32.7 Å². The average Bonchev–Trinajstić information content (AvgIpc) is 2.40. The summed E-state index contributed by atoms with van der Waals surface area (Å²) in [6.07, 6.45) is 1.23. The van der Waals surface area contributed by atoms with Crippen LogP contribution >= 0.6 is 0 Å². The number of aromatic hydroxyl groups is 1. The molecule has 14 heavy (non-hydrogen) atoms. The fourth-order valence-electron chi connectivity index (χ4n) is 1.35. The molecule has 0 radical (unpaired) electrons. The second kappa shape index (κ2) is 4.32. The molecule has 1 aromatic rings. The third-order valence-electron chi connectivity index (χ3n) is 2.14. The molecule has 0 aliphatic carbocycles. The summed E-state index contributed by atoms with van der Waals surface area (Å²) in [6, 6.07) is 0.0503. The van der Waals surface area contributed by atoms with E-state index in [2.05, 4.69) is 5.10 Å². The summed E-state index contributed by atoms with van der Waals surface area (Å²) in [7, 11) is 0. The first-order valence-electron chi connectivity index (χ1n) is 4.80. The largest absolute Gasteiger partial charge is 0.493 e. The molecule has 0 amide bonds. The van der Waals surface area contributed by atoms with E-state index in [0.717, 1.165) is 0 Å². The quantitative estimate of drug-likeness (QED) is 0.654. The van der Waals surface area contributed by atoms with Crippen LogP contribution in [0.4, 0.5) is 0 Å². The Labute approximate surface area is 82.5 Å². The van der Waals surface area contributed by atoms with Crippen molar-refractivity contribution in [2.24, 2.45) is 5.73 Å². The zero-order chi connectivity index (χ0) is 10.7. The van der Waals surface area contributed by atoms with Crippen molar-refractivity contribution < 1.29 is 5.11 Å². The van der Waals surface area contributed by atoms with Crippen LogP contribution < -0.4 is 11.3 Å². The average molecular weight is 199 g/mol. The number of aromatic amines is 1. The van der Waals surface area contributed by atoms with Gasteiger partial charge in [0.2, 0.25) is 5.88 Å². The fraction of sp³-hybridized carbons (Fsp3) is 0.667. The highest BCUT2D eigenvalue weighted by Gasteiger charge is 2.14. The maximum absolute atomic E-state index is 11.4. The van der Waals surface area contributed by atoms with Gasteiger partial charge in [0, 0.05) is 6.04 Å². The van der Waals surface area contributed by atoms with Gasteiger partial charge in [0.25, 0.3) is 5.56 Å². The van der Waals surface area contributed by atoms with Crippen LogP contribution in [0.25, 0.3) is 0 Å². The lowest BCUT2D eigenvalue weighted by Gasteiger charge is -2.07. The number of aromatic nitrogens is 2. The minimum atomic E-state index is -0.218. The molecule has 80 valence electrons. The predicted octanol–water partition coefficient (Wildman–Crippen LogP) is 0.354. The fourth-order valence-corrected chi connectivity index (χ4v) is 1.35. The second-order valence-electron chi connectivity index (χ2n) is 3.60. The van der Waals surface area contributed by atoms with Gasteiger partial charge in [0.15, 0.2) is 0 Å². The molecule has 0 spiro atoms. The topological polar surface area (TPSA) is 84.0 Å². The van der Waals surface area contributed by atoms with Gasteiger partial charge >= 0.3 is 0 Å². The molecule has 0 unspecified atom stereocenters. The van der Waals surface area contributed by atoms with Crippen LogP contribution in [0.15, 0.2) is 4.79 Å². The van der Waals surface area contributed by atoms with E-state index in [1.807, 2.05) is 13.8 Å². The van der Waals surface area contributed by atoms with Gasteiger partial charge in [-0.15, -0.1) is 0 Å². The van der Waals surface area contributed by atoms with Crippen LogP contribution in [0.3, 0.4) is 0 Å². The van der Waals surface area contributed by atoms with Crippen LogP contribution in [0.5, 0.6) is 5.88 Å². The molecule has 4 N–H and O–H groups in total. The number of nitrogens with zero attached hydrogens (tertiary/aromatic N) is 1. The van der Waals surface area contributed by atoms with E-state index in [1.54, 1.807) is 0 Å². The standard InChI is InChI=1S/C9H17N3O2/c1-6(2)12-9(14)7(4-3-5-10)8(13)11-12/h6,14H,3-5,10H2,1-2H3,(H,11,13). The summed E-state index contributed by atoms with van der Waals surface area (Å²) < 4.78 is 1.47. The number of H-pyrrole nitrogens is 1. The molecule has 0 atom stereocenters. The summed E-state index contributed by atoms with van der Waals surface area (Å²) in [6.45, 7) is 4.30. The SMILES string of the molecule is CC(C)n1[nH]c(=O)c(CCCN)c1O. The normalized spacial score (nSPS) is 11.1. The van der Waals surface area contributed by atoms with Crippen molar-refractivity contribution in [1.82, 2.24) is 9.78 Å². The zero-order valence-electron chi connectivity index (χ0n) is 8.58. The number of hydrogen-bond donors (Lipinski definition) is 3. The van der Waals surface area contributed by atoms with Gasteiger partial charge < -0.3 is 10.8 Å². The summed E-state index contributed by atoms with van der Waals surface area (Å²) >= 11 is 0. The van der Waals surface area contributed by atoms with Crippen molar-refractivity contribution in [3.63, 3.8) is 0 Å². The molecular weight excluding hydrogens is 182 g/mol. The molecular formula is C9H17N3O2. The summed E-state index contributed by atoms with van der Waals surface area (Å²) in [5.41, 5.74) is 5.56. The molecule has 5 heteroatoms. The Hall–Kier alpha value is -1.23. The van der Waals surface area contributed by atoms with Crippen molar-refractivity contribution in [3.05, 3.63) is 15.9 Å². The molecule has 0 saturated carbocycles. The molecule has 0 saturated heterocycles. The van der Waals surface area contributed by atoms with Gasteiger partial charge in [-0.05, 0) is 33.2 Å². The van der Waals surface area contributed by atoms with Crippen molar-refractivity contribution in [2.75, 3.05) is 6.54 Å². The van der Waals surface area contributed by atoms with Gasteiger partial charge in [-0.25, -0.2) is 0 Å². The highest BCUT2D eigenvalue weighted by Crippen LogP contribution is 2.17. The molecule has 0 aliphatic rings. The first-order chi connectivity index (χ1) is 6.57. The van der Waals surface area contributed by atoms with E-state index in [9.17, 15) is 9.90 Å². The monoisotopic (exact) mass is 199 g/mol. The number of hydrogen-bond acceptors (Lipinski definition) is 3. The van der Waals surface area contributed by atoms with Crippen LogP contribution in [-0.2, 0) is 6.42 Å². The maximum Gasteiger partial charge on any atom is 0.271 e. The Kier molecular flexibility index (Phi) is 3.35. The van der Waals surface area contributed by atoms with Gasteiger partial charge in [-0.2, -0.15) is 0 Å². The van der Waals surface area contributed by atoms with E-state index < -0.39 is 0 Å². The smallest absolute Gasteiger partial charge is 0.271 e. The molecule has 0 fully saturated rings. The van der Waals surface area contributed by atoms with Crippen molar-refractivity contribution in [1.29, 1.82) is 0 Å². The molecule has 1 rings (SSSR count). The lowest BCUT2D eigenvalue weighted by atomic mass is 10.2. The Morgan fingerprint density at radius 1 is 1.57 bits per heavy atom. The molecule has 0 bridgehead atoms. The Morgan fingerprint density at radius 2 is 2.21 bits per heavy atom. The summed E-state index contributed by atoms with van der Waals surface area (Å²) in [5.74, 6) is 0.0402. The van der Waals surface area contributed by atoms with Crippen molar-refractivity contribution in [3.8, 4) is 5.88 Å². The van der Waals surface area contributed by atoms with E-state index in [1.165, 1.54) is 4.68 Å². The minimum Gasteiger partial charge on any atom is -0.493 e. The molecule has 0 aromatic carbocycles. The second-order valence-corrected chi connectivity index (χ2v) is 3.60. The van der Waals surface area contributed by atoms with Gasteiger partial charge in [0.05, 0.1) is 5.56 Å². The lowest BCUT2D eigenvalue weighted by Crippen LogP contribution is -2.10. The Bertz CT molecular complexity index is 351. The summed E-state index contributed by atoms with van der Waals surface area (Å²) in [5, 5.41) is 12.3. The lowest BCUT2D eigenvalue weighted by molar-refractivity contribution is 0.373. The third-order valence-corrected chi connectivity index (χ3v) is 2.14. The molecule has 1 heterocycles. The van der Waals surface area contributed by atoms with E-state index in [0.29, 0.717) is 24.9 Å². The molecule has 0 aliphatic heterocycles. The van der Waals surface area contributed by atoms with Crippen LogP contribution in [-0.4, -0.2) is 21.4 Å². The third kappa shape index (κ3) is 1.98. The first-order valence-corrected chi connectivity index (χ1v) is 4.80. The number of nitrogens with two attached hydrogens (primary N) is 1. The van der Waals surface area contributed by atoms with E-state index in [-0.39, 0.29) is 17.5 Å². The Balaban J connectivity index is 2.99. The Morgan fingerprint density at radius 3 is 2.64 bits per heavy atom. The highest BCUT2D eigenvalue weighted by atomic mass is 16.3. The molecule has 1 aromatic heterocycles. The first kappa shape index (κ1) is 10.8. The maximum atomic E-state index is 11.4. The minimum absolute atomic E-state index is 0.0402. The highest BCUT2D eigenvalue weighted by molar-refractivity contribution is 5.23. The zero-order valence-corrected chi connectivity index (χ0v) is 8.58. The van der Waals surface area contributed by atoms with Crippen LogP contribution in [0.1, 0.15) is 31.9 Å².